The number of pyridine rings is 2. The zero-order valence-electron chi connectivity index (χ0n) is 15.7. The van der Waals surface area contributed by atoms with Gasteiger partial charge >= 0.3 is 0 Å². The second kappa shape index (κ2) is 8.96. The van der Waals surface area contributed by atoms with Crippen LogP contribution in [-0.4, -0.2) is 52.9 Å². The minimum atomic E-state index is -0.259. The van der Waals surface area contributed by atoms with E-state index in [2.05, 4.69) is 25.7 Å². The van der Waals surface area contributed by atoms with E-state index < -0.39 is 0 Å². The van der Waals surface area contributed by atoms with Crippen molar-refractivity contribution in [3.8, 4) is 22.8 Å². The number of methoxy groups -OCH3 is 1. The minimum absolute atomic E-state index is 0.196. The SMILES string of the molecule is CNCCCNC(=O)c1ccc(-n2[nH]cc(-c3ccnc(OC)c3)c2=O)nc1. The average molecular weight is 382 g/mol. The van der Waals surface area contributed by atoms with Crippen LogP contribution in [0.15, 0.2) is 47.7 Å². The largest absolute Gasteiger partial charge is 0.481 e. The number of hydrogen-bond acceptors (Lipinski definition) is 6. The molecule has 0 aliphatic heterocycles. The summed E-state index contributed by atoms with van der Waals surface area (Å²) >= 11 is 0. The molecule has 0 saturated carbocycles. The summed E-state index contributed by atoms with van der Waals surface area (Å²) in [6.07, 6.45) is 5.47. The molecule has 9 heteroatoms. The Labute approximate surface area is 161 Å². The summed E-state index contributed by atoms with van der Waals surface area (Å²) in [4.78, 5) is 33.1. The molecular formula is C19H22N6O3. The van der Waals surface area contributed by atoms with Crippen LogP contribution < -0.4 is 20.9 Å². The fourth-order valence-electron chi connectivity index (χ4n) is 2.66. The van der Waals surface area contributed by atoms with Gasteiger partial charge in [-0.05, 0) is 43.8 Å². The normalized spacial score (nSPS) is 10.6. The fraction of sp³-hybridized carbons (Fsp3) is 0.263. The first-order valence-corrected chi connectivity index (χ1v) is 8.84. The van der Waals surface area contributed by atoms with Crippen LogP contribution in [0.2, 0.25) is 0 Å². The van der Waals surface area contributed by atoms with Crippen LogP contribution in [-0.2, 0) is 0 Å². The summed E-state index contributed by atoms with van der Waals surface area (Å²) < 4.78 is 6.42. The molecule has 1 amide bonds. The summed E-state index contributed by atoms with van der Waals surface area (Å²) in [7, 11) is 3.38. The molecule has 0 bridgehead atoms. The zero-order valence-corrected chi connectivity index (χ0v) is 15.7. The lowest BCUT2D eigenvalue weighted by atomic mass is 10.1. The van der Waals surface area contributed by atoms with E-state index in [1.807, 2.05) is 7.05 Å². The summed E-state index contributed by atoms with van der Waals surface area (Å²) in [5.74, 6) is 0.621. The molecule has 0 fully saturated rings. The van der Waals surface area contributed by atoms with Crippen LogP contribution in [0.25, 0.3) is 16.9 Å². The Morgan fingerprint density at radius 3 is 2.82 bits per heavy atom. The predicted octanol–water partition coefficient (Wildman–Crippen LogP) is 0.970. The van der Waals surface area contributed by atoms with Crippen molar-refractivity contribution in [2.75, 3.05) is 27.2 Å². The standard InChI is InChI=1S/C19H22N6O3/c1-20-7-3-8-22-18(26)14-4-5-16(23-11-14)25-19(27)15(12-24-25)13-6-9-21-17(10-13)28-2/h4-6,9-12,20,24H,3,7-8H2,1-2H3,(H,22,26). The Hall–Kier alpha value is -3.46. The highest BCUT2D eigenvalue weighted by Crippen LogP contribution is 2.19. The molecule has 0 aromatic carbocycles. The maximum absolute atomic E-state index is 12.7. The molecule has 0 aliphatic rings. The molecule has 0 spiro atoms. The van der Waals surface area contributed by atoms with Gasteiger partial charge in [-0.1, -0.05) is 0 Å². The maximum Gasteiger partial charge on any atom is 0.280 e. The Balaban J connectivity index is 1.77. The first-order chi connectivity index (χ1) is 13.6. The van der Waals surface area contributed by atoms with E-state index in [9.17, 15) is 9.59 Å². The van der Waals surface area contributed by atoms with Crippen molar-refractivity contribution < 1.29 is 9.53 Å². The number of nitrogens with zero attached hydrogens (tertiary/aromatic N) is 3. The molecule has 0 saturated heterocycles. The highest BCUT2D eigenvalue weighted by molar-refractivity contribution is 5.93. The van der Waals surface area contributed by atoms with Gasteiger partial charge in [0.15, 0.2) is 5.82 Å². The van der Waals surface area contributed by atoms with Gasteiger partial charge in [-0.15, -0.1) is 0 Å². The van der Waals surface area contributed by atoms with Gasteiger partial charge in [-0.25, -0.2) is 14.6 Å². The van der Waals surface area contributed by atoms with Crippen molar-refractivity contribution in [1.82, 2.24) is 30.4 Å². The number of aromatic amines is 1. The van der Waals surface area contributed by atoms with Crippen LogP contribution in [0.4, 0.5) is 0 Å². The quantitative estimate of drug-likeness (QED) is 0.500. The molecule has 3 N–H and O–H groups in total. The summed E-state index contributed by atoms with van der Waals surface area (Å²) in [6.45, 7) is 1.41. The number of hydrogen-bond donors (Lipinski definition) is 3. The van der Waals surface area contributed by atoms with Gasteiger partial charge in [0.25, 0.3) is 11.5 Å². The van der Waals surface area contributed by atoms with E-state index >= 15 is 0 Å². The highest BCUT2D eigenvalue weighted by atomic mass is 16.5. The molecule has 0 radical (unpaired) electrons. The van der Waals surface area contributed by atoms with E-state index in [1.54, 1.807) is 36.7 Å². The van der Waals surface area contributed by atoms with Gasteiger partial charge in [0.1, 0.15) is 0 Å². The third kappa shape index (κ3) is 4.26. The Morgan fingerprint density at radius 1 is 1.25 bits per heavy atom. The number of aromatic nitrogens is 4. The topological polar surface area (TPSA) is 114 Å². The monoisotopic (exact) mass is 382 g/mol. The van der Waals surface area contributed by atoms with Crippen molar-refractivity contribution in [2.45, 2.75) is 6.42 Å². The van der Waals surface area contributed by atoms with Gasteiger partial charge in [0.05, 0.1) is 18.2 Å². The van der Waals surface area contributed by atoms with E-state index in [4.69, 9.17) is 4.74 Å². The molecule has 0 unspecified atom stereocenters. The fourth-order valence-corrected chi connectivity index (χ4v) is 2.66. The van der Waals surface area contributed by atoms with Crippen molar-refractivity contribution in [3.05, 3.63) is 58.8 Å². The van der Waals surface area contributed by atoms with Crippen molar-refractivity contribution in [2.24, 2.45) is 0 Å². The molecule has 3 aromatic heterocycles. The van der Waals surface area contributed by atoms with Crippen LogP contribution >= 0.6 is 0 Å². The second-order valence-corrected chi connectivity index (χ2v) is 6.03. The molecule has 146 valence electrons. The molecule has 3 aromatic rings. The Kier molecular flexibility index (Phi) is 6.18. The number of H-pyrrole nitrogens is 1. The van der Waals surface area contributed by atoms with Gasteiger partial charge in [-0.3, -0.25) is 14.7 Å². The maximum atomic E-state index is 12.7. The van der Waals surface area contributed by atoms with E-state index in [-0.39, 0.29) is 11.5 Å². The van der Waals surface area contributed by atoms with E-state index in [0.29, 0.717) is 34.9 Å². The third-order valence-electron chi connectivity index (χ3n) is 4.15. The van der Waals surface area contributed by atoms with Crippen molar-refractivity contribution >= 4 is 5.91 Å². The zero-order chi connectivity index (χ0) is 19.9. The van der Waals surface area contributed by atoms with E-state index in [1.165, 1.54) is 18.0 Å². The van der Waals surface area contributed by atoms with Crippen LogP contribution in [0.5, 0.6) is 5.88 Å². The molecule has 9 nitrogen and oxygen atoms in total. The van der Waals surface area contributed by atoms with Crippen LogP contribution in [0.3, 0.4) is 0 Å². The van der Waals surface area contributed by atoms with Crippen molar-refractivity contribution in [1.29, 1.82) is 0 Å². The lowest BCUT2D eigenvalue weighted by Gasteiger charge is -2.06. The van der Waals surface area contributed by atoms with Gasteiger partial charge in [0, 0.05) is 31.2 Å². The lowest BCUT2D eigenvalue weighted by molar-refractivity contribution is 0.0953. The first kappa shape index (κ1) is 19.3. The number of carbonyl (C=O) groups is 1. The smallest absolute Gasteiger partial charge is 0.280 e. The lowest BCUT2D eigenvalue weighted by Crippen LogP contribution is -2.26. The number of rotatable bonds is 8. The van der Waals surface area contributed by atoms with Crippen LogP contribution in [0.1, 0.15) is 16.8 Å². The van der Waals surface area contributed by atoms with Crippen molar-refractivity contribution in [3.63, 3.8) is 0 Å². The van der Waals surface area contributed by atoms with E-state index in [0.717, 1.165) is 13.0 Å². The molecule has 0 atom stereocenters. The minimum Gasteiger partial charge on any atom is -0.481 e. The molecule has 3 rings (SSSR count). The summed E-state index contributed by atoms with van der Waals surface area (Å²) in [5, 5.41) is 8.75. The van der Waals surface area contributed by atoms with Crippen LogP contribution in [0, 0.1) is 0 Å². The number of amides is 1. The average Bonchev–Trinajstić information content (AvgIpc) is 3.12. The Morgan fingerprint density at radius 2 is 2.11 bits per heavy atom. The van der Waals surface area contributed by atoms with Gasteiger partial charge < -0.3 is 15.4 Å². The van der Waals surface area contributed by atoms with Gasteiger partial charge in [0.2, 0.25) is 5.88 Å². The molecular weight excluding hydrogens is 360 g/mol. The summed E-state index contributed by atoms with van der Waals surface area (Å²) in [6, 6.07) is 6.67. The molecule has 3 heterocycles. The second-order valence-electron chi connectivity index (χ2n) is 6.03. The molecule has 28 heavy (non-hydrogen) atoms. The number of nitrogens with one attached hydrogen (secondary N) is 3. The number of ether oxygens (including phenoxy) is 1. The molecule has 0 aliphatic carbocycles. The number of carbonyl (C=O) groups excluding carboxylic acids is 1. The Bertz CT molecular complexity index is 993. The summed E-state index contributed by atoms with van der Waals surface area (Å²) in [5.41, 5.74) is 1.33. The highest BCUT2D eigenvalue weighted by Gasteiger charge is 2.13. The van der Waals surface area contributed by atoms with Gasteiger partial charge in [-0.2, -0.15) is 0 Å². The first-order valence-electron chi connectivity index (χ1n) is 8.84. The predicted molar refractivity (Wildman–Crippen MR) is 105 cm³/mol. The third-order valence-corrected chi connectivity index (χ3v) is 4.15.